The number of hydrogen-bond donors (Lipinski definition) is 0. The van der Waals surface area contributed by atoms with Crippen LogP contribution in [0, 0.1) is 56.7 Å². The van der Waals surface area contributed by atoms with Crippen molar-refractivity contribution < 1.29 is 9.53 Å². The smallest absolute Gasteiger partial charge is 0.306 e. The Labute approximate surface area is 323 Å². The van der Waals surface area contributed by atoms with Gasteiger partial charge in [0.1, 0.15) is 6.10 Å². The highest BCUT2D eigenvalue weighted by molar-refractivity contribution is 5.69. The molecule has 0 N–H and O–H groups in total. The average Bonchev–Trinajstić information content (AvgIpc) is 3.69. The van der Waals surface area contributed by atoms with Crippen molar-refractivity contribution in [1.29, 1.82) is 0 Å². The Morgan fingerprint density at radius 3 is 2.10 bits per heavy atom. The van der Waals surface area contributed by atoms with E-state index in [1.807, 2.05) is 0 Å². The lowest BCUT2D eigenvalue weighted by molar-refractivity contribution is -0.183. The lowest BCUT2D eigenvalue weighted by Gasteiger charge is -2.63. The minimum atomic E-state index is 0.0690. The molecule has 5 saturated carbocycles. The Bertz CT molecular complexity index is 1240. The van der Waals surface area contributed by atoms with E-state index in [1.165, 1.54) is 128 Å². The number of fused-ring (bicyclic) bond motifs is 2. The first-order chi connectivity index (χ1) is 24.8. The van der Waals surface area contributed by atoms with E-state index in [2.05, 4.69) is 86.3 Å². The van der Waals surface area contributed by atoms with Crippen LogP contribution in [0.25, 0.3) is 0 Å². The van der Waals surface area contributed by atoms with Gasteiger partial charge in [0.25, 0.3) is 0 Å². The normalized spacial score (nSPS) is 37.2. The first-order valence-electron chi connectivity index (χ1n) is 23.0. The standard InChI is InChI=1S/C50H84O2/c1-10-12-13-14-15-16-17-18-19-20-21-22-23-24-25-26-45(51)52-44-32-34-49-37-50(49)36-35-47(8)41(39(5)27-28-40(11-2)38(3)4)31-33-48(47,9)43(50)30-29-42(49)46(44,6)7/h15-16,18-19,39-44H,3,10-14,17,20-37H2,1-2,4-9H3/b16-15-,19-18-/t39-,40-,41-,42+,43+,44+,47-,48+,49-,50+/m1/s1. The molecule has 5 rings (SSSR count). The lowest BCUT2D eigenvalue weighted by Crippen LogP contribution is -2.58. The Morgan fingerprint density at radius 2 is 1.40 bits per heavy atom. The second kappa shape index (κ2) is 17.7. The molecule has 0 bridgehead atoms. The largest absolute Gasteiger partial charge is 0.462 e. The first-order valence-corrected chi connectivity index (χ1v) is 23.0. The molecule has 0 aliphatic heterocycles. The summed E-state index contributed by atoms with van der Waals surface area (Å²) in [4.78, 5) is 13.2. The molecule has 0 amide bonds. The highest BCUT2D eigenvalue weighted by Crippen LogP contribution is 2.89. The predicted molar refractivity (Wildman–Crippen MR) is 223 cm³/mol. The third-order valence-corrected chi connectivity index (χ3v) is 17.6. The van der Waals surface area contributed by atoms with Gasteiger partial charge < -0.3 is 4.74 Å². The Hall–Kier alpha value is -1.31. The summed E-state index contributed by atoms with van der Waals surface area (Å²) in [6.45, 7) is 24.3. The summed E-state index contributed by atoms with van der Waals surface area (Å²) in [7, 11) is 0. The summed E-state index contributed by atoms with van der Waals surface area (Å²) < 4.78 is 6.42. The maximum atomic E-state index is 13.2. The molecule has 5 fully saturated rings. The second-order valence-electron chi connectivity index (χ2n) is 20.5. The summed E-state index contributed by atoms with van der Waals surface area (Å²) in [6.07, 6.45) is 39.7. The number of esters is 1. The van der Waals surface area contributed by atoms with Gasteiger partial charge in [-0.1, -0.05) is 117 Å². The van der Waals surface area contributed by atoms with Gasteiger partial charge in [0, 0.05) is 11.8 Å². The molecule has 0 aromatic carbocycles. The zero-order valence-corrected chi connectivity index (χ0v) is 35.8. The highest BCUT2D eigenvalue weighted by atomic mass is 16.5. The lowest BCUT2D eigenvalue weighted by atomic mass is 9.41. The third kappa shape index (κ3) is 8.13. The highest BCUT2D eigenvalue weighted by Gasteiger charge is 2.82. The van der Waals surface area contributed by atoms with Gasteiger partial charge in [0.05, 0.1) is 0 Å². The van der Waals surface area contributed by atoms with E-state index in [0.717, 1.165) is 43.4 Å². The first kappa shape index (κ1) is 41.8. The van der Waals surface area contributed by atoms with Crippen LogP contribution >= 0.6 is 0 Å². The van der Waals surface area contributed by atoms with E-state index < -0.39 is 0 Å². The van der Waals surface area contributed by atoms with Crippen LogP contribution in [0.15, 0.2) is 36.5 Å². The summed E-state index contributed by atoms with van der Waals surface area (Å²) in [5, 5.41) is 0. The fourth-order valence-electron chi connectivity index (χ4n) is 14.3. The molecular formula is C50H84O2. The molecule has 10 atom stereocenters. The van der Waals surface area contributed by atoms with Gasteiger partial charge >= 0.3 is 5.97 Å². The van der Waals surface area contributed by atoms with Crippen LogP contribution in [-0.4, -0.2) is 12.1 Å². The maximum absolute atomic E-state index is 13.2. The van der Waals surface area contributed by atoms with Gasteiger partial charge in [0.2, 0.25) is 0 Å². The molecule has 5 aliphatic rings. The van der Waals surface area contributed by atoms with Crippen molar-refractivity contribution in [2.45, 2.75) is 216 Å². The zero-order valence-electron chi connectivity index (χ0n) is 35.8. The monoisotopic (exact) mass is 717 g/mol. The van der Waals surface area contributed by atoms with Crippen molar-refractivity contribution in [1.82, 2.24) is 0 Å². The van der Waals surface area contributed by atoms with Crippen molar-refractivity contribution in [2.75, 3.05) is 0 Å². The van der Waals surface area contributed by atoms with Crippen LogP contribution in [0.3, 0.4) is 0 Å². The van der Waals surface area contributed by atoms with Crippen LogP contribution in [0.4, 0.5) is 0 Å². The van der Waals surface area contributed by atoms with Gasteiger partial charge in [-0.2, -0.15) is 0 Å². The van der Waals surface area contributed by atoms with Crippen LogP contribution in [-0.2, 0) is 9.53 Å². The van der Waals surface area contributed by atoms with Crippen molar-refractivity contribution in [3.63, 3.8) is 0 Å². The summed E-state index contributed by atoms with van der Waals surface area (Å²) in [5.74, 6) is 4.04. The van der Waals surface area contributed by atoms with Gasteiger partial charge in [-0.25, -0.2) is 0 Å². The van der Waals surface area contributed by atoms with E-state index in [-0.39, 0.29) is 17.5 Å². The average molecular weight is 717 g/mol. The molecular weight excluding hydrogens is 633 g/mol. The van der Waals surface area contributed by atoms with Crippen LogP contribution in [0.2, 0.25) is 0 Å². The molecule has 0 radical (unpaired) electrons. The molecule has 296 valence electrons. The van der Waals surface area contributed by atoms with Crippen LogP contribution in [0.5, 0.6) is 0 Å². The predicted octanol–water partition coefficient (Wildman–Crippen LogP) is 15.2. The van der Waals surface area contributed by atoms with Crippen LogP contribution < -0.4 is 0 Å². The number of unbranched alkanes of at least 4 members (excludes halogenated alkanes) is 8. The second-order valence-corrected chi connectivity index (χ2v) is 20.5. The number of hydrogen-bond acceptors (Lipinski definition) is 2. The number of rotatable bonds is 21. The van der Waals surface area contributed by atoms with Crippen molar-refractivity contribution in [2.24, 2.45) is 56.7 Å². The zero-order chi connectivity index (χ0) is 37.6. The molecule has 5 aliphatic carbocycles. The summed E-state index contributed by atoms with van der Waals surface area (Å²) in [5.41, 5.74) is 3.49. The molecule has 2 heteroatoms. The molecule has 0 aromatic heterocycles. The van der Waals surface area contributed by atoms with E-state index >= 15 is 0 Å². The van der Waals surface area contributed by atoms with Gasteiger partial charge in [-0.3, -0.25) is 4.79 Å². The Kier molecular flexibility index (Phi) is 14.2. The van der Waals surface area contributed by atoms with Gasteiger partial charge in [-0.05, 0) is 174 Å². The van der Waals surface area contributed by atoms with E-state index in [9.17, 15) is 4.79 Å². The Balaban J connectivity index is 1.06. The van der Waals surface area contributed by atoms with Crippen molar-refractivity contribution >= 4 is 5.97 Å². The molecule has 0 saturated heterocycles. The van der Waals surface area contributed by atoms with Gasteiger partial charge in [-0.15, -0.1) is 0 Å². The minimum Gasteiger partial charge on any atom is -0.462 e. The number of carbonyl (C=O) groups is 1. The quantitative estimate of drug-likeness (QED) is 0.0671. The number of allylic oxidation sites excluding steroid dienone is 5. The van der Waals surface area contributed by atoms with Crippen molar-refractivity contribution in [3.8, 4) is 0 Å². The summed E-state index contributed by atoms with van der Waals surface area (Å²) >= 11 is 0. The fourth-order valence-corrected chi connectivity index (χ4v) is 14.3. The van der Waals surface area contributed by atoms with E-state index in [1.54, 1.807) is 0 Å². The maximum Gasteiger partial charge on any atom is 0.306 e. The molecule has 52 heavy (non-hydrogen) atoms. The minimum absolute atomic E-state index is 0.0690. The van der Waals surface area contributed by atoms with Crippen LogP contribution in [0.1, 0.15) is 209 Å². The SMILES string of the molecule is C=C(C)[C@H](CC)CC[C@@H](C)[C@H]1CC[C@@]2(C)[C@@H]3CC[C@H]4C(C)(C)[C@@H](OC(=O)CCCCCCC/C=C\C/C=C\CCCCC)CC[C@@]45C[C@@]35CC[C@]12C. The topological polar surface area (TPSA) is 26.3 Å². The molecule has 0 unspecified atom stereocenters. The van der Waals surface area contributed by atoms with Crippen molar-refractivity contribution in [3.05, 3.63) is 36.5 Å². The molecule has 0 heterocycles. The molecule has 0 aromatic rings. The van der Waals surface area contributed by atoms with E-state index in [0.29, 0.717) is 39.9 Å². The molecule has 2 nitrogen and oxygen atoms in total. The number of ether oxygens (including phenoxy) is 1. The number of carbonyl (C=O) groups excluding carboxylic acids is 1. The Morgan fingerprint density at radius 1 is 0.750 bits per heavy atom. The van der Waals surface area contributed by atoms with E-state index in [4.69, 9.17) is 4.74 Å². The molecule has 2 spiro atoms. The third-order valence-electron chi connectivity index (χ3n) is 17.6. The summed E-state index contributed by atoms with van der Waals surface area (Å²) in [6, 6.07) is 0. The fraction of sp³-hybridized carbons (Fsp3) is 0.860. The van der Waals surface area contributed by atoms with Gasteiger partial charge in [0.15, 0.2) is 0 Å².